The van der Waals surface area contributed by atoms with Crippen molar-refractivity contribution in [3.05, 3.63) is 114 Å². The molecule has 0 bridgehead atoms. The minimum Gasteiger partial charge on any atom is -0.485 e. The number of rotatable bonds is 8. The Kier molecular flexibility index (Phi) is 6.45. The summed E-state index contributed by atoms with van der Waals surface area (Å²) in [6.07, 6.45) is 1.55. The first kappa shape index (κ1) is 21.8. The molecule has 0 unspecified atom stereocenters. The van der Waals surface area contributed by atoms with E-state index in [0.717, 1.165) is 5.56 Å². The van der Waals surface area contributed by atoms with Crippen molar-refractivity contribution < 1.29 is 19.1 Å². The van der Waals surface area contributed by atoms with E-state index in [1.54, 1.807) is 72.9 Å². The van der Waals surface area contributed by atoms with Crippen LogP contribution in [0.25, 0.3) is 0 Å². The van der Waals surface area contributed by atoms with E-state index < -0.39 is 0 Å². The minimum absolute atomic E-state index is 0.267. The largest absolute Gasteiger partial charge is 0.485 e. The van der Waals surface area contributed by atoms with Gasteiger partial charge in [-0.25, -0.2) is 0 Å². The molecule has 0 saturated carbocycles. The molecule has 6 nitrogen and oxygen atoms in total. The lowest BCUT2D eigenvalue weighted by Crippen LogP contribution is -2.15. The number of aryl methyl sites for hydroxylation is 1. The molecule has 0 saturated heterocycles. The Labute approximate surface area is 191 Å². The van der Waals surface area contributed by atoms with E-state index in [-0.39, 0.29) is 18.2 Å². The number of carbonyl (C=O) groups is 2. The summed E-state index contributed by atoms with van der Waals surface area (Å²) in [4.78, 5) is 30.0. The number of hydrogen-bond acceptors (Lipinski definition) is 6. The number of aromatic nitrogens is 1. The second kappa shape index (κ2) is 9.78. The third-order valence-corrected chi connectivity index (χ3v) is 5.03. The number of benzene rings is 3. The standard InChI is InChI=1S/C27H22N2O4/c1-18-9-8-11-19(27(18)33-25-15-5-3-12-21(25)28)23(30)17-32-24-14-4-2-10-20(24)26(31)22-13-6-7-16-29-22/h2-16H,17,28H2,1H3. The topological polar surface area (TPSA) is 91.5 Å². The van der Waals surface area contributed by atoms with Crippen LogP contribution in [0.3, 0.4) is 0 Å². The molecule has 0 fully saturated rings. The number of anilines is 1. The fraction of sp³-hybridized carbons (Fsp3) is 0.0741. The van der Waals surface area contributed by atoms with Gasteiger partial charge in [0.1, 0.15) is 22.9 Å². The first-order valence-corrected chi connectivity index (χ1v) is 10.4. The molecule has 0 aliphatic rings. The fourth-order valence-corrected chi connectivity index (χ4v) is 3.33. The zero-order valence-electron chi connectivity index (χ0n) is 18.0. The maximum Gasteiger partial charge on any atom is 0.215 e. The van der Waals surface area contributed by atoms with E-state index >= 15 is 0 Å². The summed E-state index contributed by atoms with van der Waals surface area (Å²) in [5.74, 6) is 0.625. The number of nitrogen functional groups attached to an aromatic ring is 1. The third kappa shape index (κ3) is 4.91. The number of nitrogens with zero attached hydrogens (tertiary/aromatic N) is 1. The molecule has 164 valence electrons. The van der Waals surface area contributed by atoms with Gasteiger partial charge in [-0.15, -0.1) is 0 Å². The van der Waals surface area contributed by atoms with Crippen LogP contribution < -0.4 is 15.2 Å². The molecular formula is C27H22N2O4. The highest BCUT2D eigenvalue weighted by molar-refractivity contribution is 6.09. The lowest BCUT2D eigenvalue weighted by molar-refractivity contribution is 0.0912. The molecule has 0 atom stereocenters. The Morgan fingerprint density at radius 1 is 0.818 bits per heavy atom. The van der Waals surface area contributed by atoms with Gasteiger partial charge in [-0.1, -0.05) is 42.5 Å². The monoisotopic (exact) mass is 438 g/mol. The van der Waals surface area contributed by atoms with Crippen LogP contribution >= 0.6 is 0 Å². The van der Waals surface area contributed by atoms with E-state index in [2.05, 4.69) is 4.98 Å². The minimum atomic E-state index is -0.289. The summed E-state index contributed by atoms with van der Waals surface area (Å²) < 4.78 is 11.8. The smallest absolute Gasteiger partial charge is 0.215 e. The normalized spacial score (nSPS) is 10.5. The van der Waals surface area contributed by atoms with Crippen molar-refractivity contribution in [2.24, 2.45) is 0 Å². The molecule has 33 heavy (non-hydrogen) atoms. The summed E-state index contributed by atoms with van der Waals surface area (Å²) in [5, 5.41) is 0. The number of ether oxygens (including phenoxy) is 2. The molecule has 2 N–H and O–H groups in total. The van der Waals surface area contributed by atoms with Gasteiger partial charge in [-0.2, -0.15) is 0 Å². The summed E-state index contributed by atoms with van der Waals surface area (Å²) >= 11 is 0. The summed E-state index contributed by atoms with van der Waals surface area (Å²) in [7, 11) is 0. The number of pyridine rings is 1. The number of para-hydroxylation sites is 4. The van der Waals surface area contributed by atoms with Crippen molar-refractivity contribution in [1.82, 2.24) is 4.98 Å². The fourth-order valence-electron chi connectivity index (χ4n) is 3.33. The highest BCUT2D eigenvalue weighted by Crippen LogP contribution is 2.32. The molecule has 0 aliphatic heterocycles. The van der Waals surface area contributed by atoms with Crippen LogP contribution in [0.1, 0.15) is 32.0 Å². The number of carbonyl (C=O) groups excluding carboxylic acids is 2. The highest BCUT2D eigenvalue weighted by atomic mass is 16.5. The number of nitrogens with two attached hydrogens (primary N) is 1. The number of Topliss-reactive ketones (excluding diaryl/α,β-unsaturated/α-hetero) is 1. The van der Waals surface area contributed by atoms with Crippen LogP contribution in [0, 0.1) is 6.92 Å². The molecular weight excluding hydrogens is 416 g/mol. The molecule has 0 aliphatic carbocycles. The van der Waals surface area contributed by atoms with Gasteiger partial charge in [0.05, 0.1) is 16.8 Å². The first-order chi connectivity index (χ1) is 16.0. The SMILES string of the molecule is Cc1cccc(C(=O)COc2ccccc2C(=O)c2ccccn2)c1Oc1ccccc1N. The van der Waals surface area contributed by atoms with Crippen molar-refractivity contribution in [2.75, 3.05) is 12.3 Å². The second-order valence-corrected chi connectivity index (χ2v) is 7.34. The van der Waals surface area contributed by atoms with Crippen LogP contribution in [0.4, 0.5) is 5.69 Å². The molecule has 4 aromatic rings. The molecule has 0 amide bonds. The highest BCUT2D eigenvalue weighted by Gasteiger charge is 2.19. The Bertz CT molecular complexity index is 1300. The molecule has 6 heteroatoms. The Morgan fingerprint density at radius 3 is 2.27 bits per heavy atom. The quantitative estimate of drug-likeness (QED) is 0.298. The first-order valence-electron chi connectivity index (χ1n) is 10.4. The van der Waals surface area contributed by atoms with E-state index in [0.29, 0.717) is 39.8 Å². The van der Waals surface area contributed by atoms with Gasteiger partial charge in [0.15, 0.2) is 6.61 Å². The van der Waals surface area contributed by atoms with Crippen molar-refractivity contribution in [2.45, 2.75) is 6.92 Å². The average Bonchev–Trinajstić information content (AvgIpc) is 2.85. The lowest BCUT2D eigenvalue weighted by atomic mass is 10.1. The molecule has 0 spiro atoms. The van der Waals surface area contributed by atoms with Gasteiger partial charge >= 0.3 is 0 Å². The van der Waals surface area contributed by atoms with Gasteiger partial charge in [-0.05, 0) is 55.0 Å². The van der Waals surface area contributed by atoms with Crippen molar-refractivity contribution in [3.63, 3.8) is 0 Å². The Morgan fingerprint density at radius 2 is 1.52 bits per heavy atom. The third-order valence-electron chi connectivity index (χ3n) is 5.03. The Hall–Kier alpha value is -4.45. The van der Waals surface area contributed by atoms with Crippen molar-refractivity contribution in [3.8, 4) is 17.2 Å². The summed E-state index contributed by atoms with van der Waals surface area (Å²) in [5.41, 5.74) is 8.26. The van der Waals surface area contributed by atoms with E-state index in [4.69, 9.17) is 15.2 Å². The lowest BCUT2D eigenvalue weighted by Gasteiger charge is -2.15. The van der Waals surface area contributed by atoms with Crippen LogP contribution in [-0.2, 0) is 0 Å². The number of ketones is 2. The van der Waals surface area contributed by atoms with Crippen molar-refractivity contribution >= 4 is 17.3 Å². The molecule has 4 rings (SSSR count). The maximum atomic E-state index is 13.1. The predicted octanol–water partition coefficient (Wildman–Crippen LogP) is 5.26. The van der Waals surface area contributed by atoms with E-state index in [1.807, 2.05) is 25.1 Å². The Balaban J connectivity index is 1.56. The van der Waals surface area contributed by atoms with Gasteiger partial charge < -0.3 is 15.2 Å². The van der Waals surface area contributed by atoms with Crippen molar-refractivity contribution in [1.29, 1.82) is 0 Å². The molecule has 3 aromatic carbocycles. The maximum absolute atomic E-state index is 13.1. The van der Waals surface area contributed by atoms with Crippen LogP contribution in [0.2, 0.25) is 0 Å². The summed E-state index contributed by atoms with van der Waals surface area (Å²) in [6.45, 7) is 1.59. The molecule has 1 aromatic heterocycles. The van der Waals surface area contributed by atoms with Crippen LogP contribution in [0.5, 0.6) is 17.2 Å². The number of hydrogen-bond donors (Lipinski definition) is 1. The predicted molar refractivity (Wildman–Crippen MR) is 126 cm³/mol. The van der Waals surface area contributed by atoms with Gasteiger partial charge in [0.25, 0.3) is 0 Å². The average molecular weight is 438 g/mol. The van der Waals surface area contributed by atoms with E-state index in [1.165, 1.54) is 0 Å². The van der Waals surface area contributed by atoms with Crippen LogP contribution in [0.15, 0.2) is 91.1 Å². The van der Waals surface area contributed by atoms with Gasteiger partial charge in [0, 0.05) is 6.20 Å². The van der Waals surface area contributed by atoms with Gasteiger partial charge in [-0.3, -0.25) is 14.6 Å². The molecule has 0 radical (unpaired) electrons. The zero-order chi connectivity index (χ0) is 23.2. The van der Waals surface area contributed by atoms with Crippen LogP contribution in [-0.4, -0.2) is 23.2 Å². The second-order valence-electron chi connectivity index (χ2n) is 7.34. The molecule has 1 heterocycles. The van der Waals surface area contributed by atoms with Gasteiger partial charge in [0.2, 0.25) is 11.6 Å². The van der Waals surface area contributed by atoms with E-state index in [9.17, 15) is 9.59 Å². The zero-order valence-corrected chi connectivity index (χ0v) is 18.0. The summed E-state index contributed by atoms with van der Waals surface area (Å²) in [6, 6.07) is 24.3.